The SMILES string of the molecule is Cn1c(=O)[nH]c2c(c1=O)C(S(C)(=O)=O)N(Cc1ccc(-n3cncn3)cc1)N2CC(C)(C)C. The van der Waals surface area contributed by atoms with Crippen LogP contribution in [0.1, 0.15) is 37.3 Å². The number of hydrogen-bond acceptors (Lipinski definition) is 8. The van der Waals surface area contributed by atoms with Gasteiger partial charge in [0.15, 0.2) is 15.2 Å². The van der Waals surface area contributed by atoms with E-state index in [2.05, 4.69) is 15.1 Å². The van der Waals surface area contributed by atoms with Crippen molar-refractivity contribution in [2.24, 2.45) is 12.5 Å². The minimum atomic E-state index is -3.74. The van der Waals surface area contributed by atoms with Crippen LogP contribution < -0.4 is 16.3 Å². The maximum Gasteiger partial charge on any atom is 0.329 e. The molecule has 1 unspecified atom stereocenters. The van der Waals surface area contributed by atoms with Gasteiger partial charge in [0.25, 0.3) is 5.56 Å². The van der Waals surface area contributed by atoms with Crippen molar-refractivity contribution in [2.45, 2.75) is 32.7 Å². The lowest BCUT2D eigenvalue weighted by Gasteiger charge is -2.36. The van der Waals surface area contributed by atoms with Crippen LogP contribution in [0, 0.1) is 5.41 Å². The zero-order valence-corrected chi connectivity index (χ0v) is 20.0. The molecule has 0 amide bonds. The van der Waals surface area contributed by atoms with E-state index in [-0.39, 0.29) is 23.3 Å². The summed E-state index contributed by atoms with van der Waals surface area (Å²) in [6.45, 7) is 6.62. The van der Waals surface area contributed by atoms with Gasteiger partial charge in [-0.2, -0.15) is 10.1 Å². The molecule has 3 aromatic rings. The van der Waals surface area contributed by atoms with E-state index in [0.29, 0.717) is 6.54 Å². The highest BCUT2D eigenvalue weighted by Gasteiger charge is 2.46. The van der Waals surface area contributed by atoms with Crippen LogP contribution in [0.2, 0.25) is 0 Å². The predicted molar refractivity (Wildman–Crippen MR) is 124 cm³/mol. The molecular weight excluding hydrogens is 446 g/mol. The number of aromatic amines is 1. The number of rotatable bonds is 5. The molecule has 0 fully saturated rings. The fraction of sp³-hybridized carbons (Fsp3) is 0.429. The van der Waals surface area contributed by atoms with Crippen LogP contribution in [0.25, 0.3) is 5.69 Å². The second-order valence-electron chi connectivity index (χ2n) is 9.46. The maximum atomic E-state index is 13.0. The molecule has 176 valence electrons. The topological polar surface area (TPSA) is 126 Å². The van der Waals surface area contributed by atoms with Crippen molar-refractivity contribution < 1.29 is 8.42 Å². The van der Waals surface area contributed by atoms with Crippen LogP contribution >= 0.6 is 0 Å². The Kier molecular flexibility index (Phi) is 5.53. The molecule has 0 spiro atoms. The number of nitrogens with one attached hydrogen (secondary N) is 1. The lowest BCUT2D eigenvalue weighted by Crippen LogP contribution is -2.45. The molecule has 0 radical (unpaired) electrons. The minimum Gasteiger partial charge on any atom is -0.292 e. The molecule has 1 aliphatic rings. The normalized spacial score (nSPS) is 16.9. The number of nitrogens with zero attached hydrogens (tertiary/aromatic N) is 6. The predicted octanol–water partition coefficient (Wildman–Crippen LogP) is 0.981. The first-order valence-electron chi connectivity index (χ1n) is 10.4. The van der Waals surface area contributed by atoms with Gasteiger partial charge in [0, 0.05) is 26.4 Å². The summed E-state index contributed by atoms with van der Waals surface area (Å²) in [4.78, 5) is 32.1. The summed E-state index contributed by atoms with van der Waals surface area (Å²) in [5.74, 6) is 0.229. The monoisotopic (exact) mass is 473 g/mol. The average Bonchev–Trinajstić information content (AvgIpc) is 3.34. The summed E-state index contributed by atoms with van der Waals surface area (Å²) < 4.78 is 28.4. The zero-order valence-electron chi connectivity index (χ0n) is 19.2. The lowest BCUT2D eigenvalue weighted by molar-refractivity contribution is 0.209. The molecular formula is C21H27N7O4S. The van der Waals surface area contributed by atoms with Crippen LogP contribution in [0.3, 0.4) is 0 Å². The Balaban J connectivity index is 1.82. The Morgan fingerprint density at radius 1 is 1.12 bits per heavy atom. The van der Waals surface area contributed by atoms with Crippen molar-refractivity contribution >= 4 is 15.7 Å². The van der Waals surface area contributed by atoms with E-state index in [9.17, 15) is 18.0 Å². The molecule has 0 saturated carbocycles. The highest BCUT2D eigenvalue weighted by molar-refractivity contribution is 7.90. The van der Waals surface area contributed by atoms with Gasteiger partial charge in [-0.3, -0.25) is 19.4 Å². The second-order valence-corrected chi connectivity index (χ2v) is 11.6. The number of sulfone groups is 1. The first kappa shape index (κ1) is 22.9. The summed E-state index contributed by atoms with van der Waals surface area (Å²) in [6.07, 6.45) is 4.13. The molecule has 1 atom stereocenters. The van der Waals surface area contributed by atoms with Crippen LogP contribution in [-0.2, 0) is 23.4 Å². The van der Waals surface area contributed by atoms with E-state index in [4.69, 9.17) is 0 Å². The summed E-state index contributed by atoms with van der Waals surface area (Å²) in [7, 11) is -2.41. The Morgan fingerprint density at radius 3 is 2.33 bits per heavy atom. The molecule has 0 bridgehead atoms. The summed E-state index contributed by atoms with van der Waals surface area (Å²) in [5.41, 5.74) is 0.236. The van der Waals surface area contributed by atoms with E-state index in [0.717, 1.165) is 22.1 Å². The number of fused-ring (bicyclic) bond motifs is 1. The number of H-pyrrole nitrogens is 1. The fourth-order valence-corrected chi connectivity index (χ4v) is 5.23. The smallest absolute Gasteiger partial charge is 0.292 e. The van der Waals surface area contributed by atoms with Gasteiger partial charge < -0.3 is 0 Å². The molecule has 3 heterocycles. The summed E-state index contributed by atoms with van der Waals surface area (Å²) >= 11 is 0. The largest absolute Gasteiger partial charge is 0.329 e. The summed E-state index contributed by atoms with van der Waals surface area (Å²) in [6, 6.07) is 7.46. The average molecular weight is 474 g/mol. The fourth-order valence-electron chi connectivity index (χ4n) is 3.96. The number of hydrogen-bond donors (Lipinski definition) is 1. The Morgan fingerprint density at radius 2 is 1.79 bits per heavy atom. The molecule has 4 rings (SSSR count). The molecule has 1 N–H and O–H groups in total. The number of aromatic nitrogens is 5. The third-order valence-electron chi connectivity index (χ3n) is 5.40. The Labute approximate surface area is 191 Å². The highest BCUT2D eigenvalue weighted by Crippen LogP contribution is 2.41. The van der Waals surface area contributed by atoms with E-state index >= 15 is 0 Å². The van der Waals surface area contributed by atoms with Crippen LogP contribution in [0.4, 0.5) is 5.82 Å². The zero-order chi connectivity index (χ0) is 24.1. The third-order valence-corrected chi connectivity index (χ3v) is 6.69. The van der Waals surface area contributed by atoms with Crippen molar-refractivity contribution in [1.82, 2.24) is 29.3 Å². The van der Waals surface area contributed by atoms with E-state index in [1.807, 2.05) is 45.0 Å². The van der Waals surface area contributed by atoms with E-state index in [1.165, 1.54) is 13.4 Å². The van der Waals surface area contributed by atoms with Gasteiger partial charge in [-0.25, -0.2) is 22.9 Å². The van der Waals surface area contributed by atoms with E-state index in [1.54, 1.807) is 21.0 Å². The van der Waals surface area contributed by atoms with Crippen LogP contribution in [0.15, 0.2) is 46.5 Å². The van der Waals surface area contributed by atoms with Gasteiger partial charge in [0.2, 0.25) is 0 Å². The van der Waals surface area contributed by atoms with Crippen molar-refractivity contribution in [2.75, 3.05) is 17.8 Å². The van der Waals surface area contributed by atoms with Crippen molar-refractivity contribution in [3.05, 3.63) is 68.9 Å². The van der Waals surface area contributed by atoms with Gasteiger partial charge in [-0.15, -0.1) is 0 Å². The van der Waals surface area contributed by atoms with Gasteiger partial charge in [-0.1, -0.05) is 32.9 Å². The highest BCUT2D eigenvalue weighted by atomic mass is 32.2. The van der Waals surface area contributed by atoms with E-state index < -0.39 is 26.5 Å². The van der Waals surface area contributed by atoms with Crippen molar-refractivity contribution in [3.63, 3.8) is 0 Å². The first-order valence-corrected chi connectivity index (χ1v) is 12.3. The molecule has 1 aliphatic heterocycles. The number of anilines is 1. The molecule has 0 saturated heterocycles. The molecule has 11 nitrogen and oxygen atoms in total. The molecule has 2 aromatic heterocycles. The standard InChI is InChI=1S/C21H27N7O4S/c1-21(2,3)11-28-17-16(18(29)25(4)20(30)24-17)19(33(5,31)32)27(28)10-14-6-8-15(9-7-14)26-13-22-12-23-26/h6-9,12-13,19H,10-11H2,1-5H3,(H,24,30). The molecule has 1 aromatic carbocycles. The van der Waals surface area contributed by atoms with Crippen LogP contribution in [0.5, 0.6) is 0 Å². The first-order chi connectivity index (χ1) is 15.4. The molecule has 0 aliphatic carbocycles. The summed E-state index contributed by atoms with van der Waals surface area (Å²) in [5, 5.41) is 6.25. The van der Waals surface area contributed by atoms with Crippen molar-refractivity contribution in [1.29, 1.82) is 0 Å². The van der Waals surface area contributed by atoms with Gasteiger partial charge in [0.1, 0.15) is 18.5 Å². The Bertz CT molecular complexity index is 1380. The van der Waals surface area contributed by atoms with Crippen molar-refractivity contribution in [3.8, 4) is 5.69 Å². The van der Waals surface area contributed by atoms with Gasteiger partial charge >= 0.3 is 5.69 Å². The lowest BCUT2D eigenvalue weighted by atomic mass is 9.97. The van der Waals surface area contributed by atoms with Gasteiger partial charge in [-0.05, 0) is 23.1 Å². The molecule has 33 heavy (non-hydrogen) atoms. The number of benzene rings is 1. The minimum absolute atomic E-state index is 0.0584. The second kappa shape index (κ2) is 7.96. The quantitative estimate of drug-likeness (QED) is 0.581. The van der Waals surface area contributed by atoms with Gasteiger partial charge in [0.05, 0.1) is 11.3 Å². The maximum absolute atomic E-state index is 13.0. The number of hydrazine groups is 1. The third kappa shape index (κ3) is 4.35. The Hall–Kier alpha value is -3.25. The molecule has 12 heteroatoms. The van der Waals surface area contributed by atoms with Crippen LogP contribution in [-0.4, -0.2) is 50.5 Å².